The quantitative estimate of drug-likeness (QED) is 0.154. The standard InChI is InChI=1S/C57H58N3O.Pt/c1-12-57(10,11)43-25-26-50(46(35-43)39-17-14-13-15-18-39)60-51-20-16-19-45(52(51)59-54(60)47-29-37(3)30-48(53(47)61)56(7,8)9)41-31-42(33-44(32-41)55(4,5)6)49-34-40(27-28-58-49)38-23-21-36(2)22-24-38;/h13-30,32-35,61H,12H2,1-11H3;/q-1;/i2D3,21D,22D,23D,24D,27D,28D,34D;. The first-order chi connectivity index (χ1) is 33.1. The molecule has 0 aliphatic carbocycles. The first-order valence-corrected chi connectivity index (χ1v) is 20.8. The smallest absolute Gasteiger partial charge is 0.148 e. The normalized spacial score (nSPS) is 14.6. The molecule has 0 spiro atoms. The fourth-order valence-electron chi connectivity index (χ4n) is 7.75. The van der Waals surface area contributed by atoms with Crippen molar-refractivity contribution in [3.05, 3.63) is 167 Å². The van der Waals surface area contributed by atoms with Gasteiger partial charge in [0.15, 0.2) is 0 Å². The minimum atomic E-state index is -2.97. The van der Waals surface area contributed by atoms with Crippen molar-refractivity contribution in [1.82, 2.24) is 14.5 Å². The van der Waals surface area contributed by atoms with Crippen molar-refractivity contribution in [2.24, 2.45) is 0 Å². The summed E-state index contributed by atoms with van der Waals surface area (Å²) in [6.45, 7) is 18.0. The summed E-state index contributed by atoms with van der Waals surface area (Å²) in [6.07, 6.45) is 0.338. The summed E-state index contributed by atoms with van der Waals surface area (Å²) in [5, 5.41) is 12.3. The number of aromatic nitrogens is 3. The Morgan fingerprint density at radius 1 is 0.694 bits per heavy atom. The molecule has 0 amide bonds. The summed E-state index contributed by atoms with van der Waals surface area (Å²) in [5.41, 5.74) is 7.18. The van der Waals surface area contributed by atoms with Gasteiger partial charge in [-0.15, -0.1) is 29.3 Å². The van der Waals surface area contributed by atoms with Gasteiger partial charge in [-0.3, -0.25) is 9.55 Å². The van der Waals surface area contributed by atoms with Gasteiger partial charge < -0.3 is 5.11 Å². The summed E-state index contributed by atoms with van der Waals surface area (Å²) in [4.78, 5) is 9.92. The van der Waals surface area contributed by atoms with Crippen LogP contribution in [0, 0.1) is 19.8 Å². The summed E-state index contributed by atoms with van der Waals surface area (Å²) < 4.78 is 88.1. The van der Waals surface area contributed by atoms with Crippen LogP contribution in [0.25, 0.3) is 72.7 Å². The zero-order valence-electron chi connectivity index (χ0n) is 47.0. The van der Waals surface area contributed by atoms with Gasteiger partial charge in [-0.05, 0) is 94.6 Å². The van der Waals surface area contributed by atoms with Crippen LogP contribution in [0.2, 0.25) is 0 Å². The fraction of sp³-hybridized carbons (Fsp3) is 0.263. The van der Waals surface area contributed by atoms with Crippen LogP contribution in [-0.2, 0) is 37.3 Å². The molecule has 62 heavy (non-hydrogen) atoms. The minimum Gasteiger partial charge on any atom is -0.507 e. The largest absolute Gasteiger partial charge is 0.507 e. The third-order valence-electron chi connectivity index (χ3n) is 11.7. The maximum absolute atomic E-state index is 12.3. The Balaban J connectivity index is 0.00000760. The number of para-hydroxylation sites is 1. The Labute approximate surface area is 397 Å². The number of phenolic OH excluding ortho intramolecular Hbond substituents is 1. The number of nitrogens with zero attached hydrogens (tertiary/aromatic N) is 3. The van der Waals surface area contributed by atoms with Gasteiger partial charge in [-0.2, -0.15) is 0 Å². The molecular formula is C57H58N3OPt-. The van der Waals surface area contributed by atoms with Crippen molar-refractivity contribution < 1.29 is 39.9 Å². The minimum absolute atomic E-state index is 0. The third kappa shape index (κ3) is 8.60. The molecular weight excluding hydrogens is 938 g/mol. The molecule has 6 aromatic carbocycles. The number of hydrogen-bond acceptors (Lipinski definition) is 3. The van der Waals surface area contributed by atoms with Crippen molar-refractivity contribution in [3.63, 3.8) is 0 Å². The number of fused-ring (bicyclic) bond motifs is 1. The zero-order chi connectivity index (χ0) is 52.0. The predicted octanol–water partition coefficient (Wildman–Crippen LogP) is 15.2. The maximum atomic E-state index is 12.3. The second-order valence-corrected chi connectivity index (χ2v) is 18.6. The molecule has 0 aliphatic rings. The third-order valence-corrected chi connectivity index (χ3v) is 11.7. The summed E-state index contributed by atoms with van der Waals surface area (Å²) in [5.74, 6) is 0.638. The van der Waals surface area contributed by atoms with Gasteiger partial charge in [0.25, 0.3) is 0 Å². The molecule has 2 aromatic heterocycles. The van der Waals surface area contributed by atoms with Gasteiger partial charge in [0.2, 0.25) is 0 Å². The van der Waals surface area contributed by atoms with Crippen LogP contribution in [0.4, 0.5) is 0 Å². The van der Waals surface area contributed by atoms with Crippen molar-refractivity contribution >= 4 is 11.0 Å². The van der Waals surface area contributed by atoms with E-state index in [-0.39, 0.29) is 49.1 Å². The van der Waals surface area contributed by atoms with Crippen molar-refractivity contribution in [3.8, 4) is 67.5 Å². The number of hydrogen-bond donors (Lipinski definition) is 1. The van der Waals surface area contributed by atoms with E-state index in [1.165, 1.54) is 5.56 Å². The van der Waals surface area contributed by atoms with E-state index in [9.17, 15) is 6.48 Å². The molecule has 0 unspecified atom stereocenters. The molecule has 318 valence electrons. The molecule has 0 saturated carbocycles. The van der Waals surface area contributed by atoms with E-state index in [0.29, 0.717) is 28.0 Å². The summed E-state index contributed by atoms with van der Waals surface area (Å²) in [6, 6.07) is 29.8. The fourth-order valence-corrected chi connectivity index (χ4v) is 7.75. The van der Waals surface area contributed by atoms with Gasteiger partial charge >= 0.3 is 0 Å². The molecule has 1 N–H and O–H groups in total. The summed E-state index contributed by atoms with van der Waals surface area (Å²) in [7, 11) is 0. The Bertz CT molecular complexity index is 3410. The molecule has 8 aromatic rings. The Kier molecular flexibility index (Phi) is 9.03. The monoisotopic (exact) mass is 1010 g/mol. The van der Waals surface area contributed by atoms with Crippen molar-refractivity contribution in [1.29, 1.82) is 0 Å². The van der Waals surface area contributed by atoms with E-state index in [4.69, 9.17) is 17.3 Å². The number of aryl methyl sites for hydroxylation is 1. The van der Waals surface area contributed by atoms with E-state index in [1.807, 2.05) is 82.3 Å². The SMILES string of the molecule is [2H]c1nc(-c2[c-]c(-c3cccc4c3nc(-c3cc(C)cc(C(C)(C)C)c3O)n4-c3ccc(C(C)(C)CC)cc3-c3ccccc3)cc(C(C)(C)C)c2)c([2H])c(-c2c([2H])c([2H])c(C([2H])([2H])[2H])c([2H])c2[2H])c1[2H].[Pt]. The van der Waals surface area contributed by atoms with Gasteiger partial charge in [-0.25, -0.2) is 4.98 Å². The molecule has 0 saturated heterocycles. The molecule has 0 atom stereocenters. The topological polar surface area (TPSA) is 50.9 Å². The van der Waals surface area contributed by atoms with Crippen LogP contribution in [-0.4, -0.2) is 19.6 Å². The number of pyridine rings is 1. The first-order valence-electron chi connectivity index (χ1n) is 25.8. The van der Waals surface area contributed by atoms with Crippen LogP contribution in [0.5, 0.6) is 5.75 Å². The van der Waals surface area contributed by atoms with Gasteiger partial charge in [0.05, 0.1) is 31.9 Å². The Morgan fingerprint density at radius 2 is 1.42 bits per heavy atom. The number of imidazole rings is 1. The van der Waals surface area contributed by atoms with E-state index in [1.54, 1.807) is 6.07 Å². The number of rotatable bonds is 8. The van der Waals surface area contributed by atoms with Gasteiger partial charge in [0, 0.05) is 48.2 Å². The van der Waals surface area contributed by atoms with E-state index in [2.05, 4.69) is 87.5 Å². The van der Waals surface area contributed by atoms with Crippen LogP contribution < -0.4 is 0 Å². The average Bonchev–Trinajstić information content (AvgIpc) is 3.69. The van der Waals surface area contributed by atoms with Crippen LogP contribution in [0.1, 0.15) is 110 Å². The second kappa shape index (κ2) is 16.9. The first kappa shape index (κ1) is 33.0. The van der Waals surface area contributed by atoms with Crippen LogP contribution >= 0.6 is 0 Å². The number of aromatic hydroxyl groups is 1. The van der Waals surface area contributed by atoms with Crippen LogP contribution in [0.15, 0.2) is 133 Å². The molecule has 8 rings (SSSR count). The molecule has 5 heteroatoms. The number of benzene rings is 6. The molecule has 0 radical (unpaired) electrons. The van der Waals surface area contributed by atoms with E-state index < -0.39 is 71.2 Å². The molecule has 0 fully saturated rings. The molecule has 2 heterocycles. The molecule has 0 bridgehead atoms. The second-order valence-electron chi connectivity index (χ2n) is 18.6. The van der Waals surface area contributed by atoms with E-state index >= 15 is 0 Å². The average molecular weight is 1010 g/mol. The maximum Gasteiger partial charge on any atom is 0.148 e. The Hall–Kier alpha value is -5.57. The van der Waals surface area contributed by atoms with Gasteiger partial charge in [0.1, 0.15) is 11.6 Å². The van der Waals surface area contributed by atoms with Crippen LogP contribution in [0.3, 0.4) is 0 Å². The van der Waals surface area contributed by atoms with Crippen molar-refractivity contribution in [2.45, 2.75) is 98.8 Å². The number of phenols is 1. The Morgan fingerprint density at radius 3 is 2.10 bits per heavy atom. The molecule has 0 aliphatic heterocycles. The summed E-state index contributed by atoms with van der Waals surface area (Å²) >= 11 is 0. The van der Waals surface area contributed by atoms with Gasteiger partial charge in [-0.1, -0.05) is 164 Å². The zero-order valence-corrected chi connectivity index (χ0v) is 39.2. The molecule has 4 nitrogen and oxygen atoms in total. The van der Waals surface area contributed by atoms with E-state index in [0.717, 1.165) is 45.4 Å². The van der Waals surface area contributed by atoms with Crippen molar-refractivity contribution in [2.75, 3.05) is 0 Å². The predicted molar refractivity (Wildman–Crippen MR) is 257 cm³/mol.